The number of nitrogens with one attached hydrogen (secondary N) is 2. The Labute approximate surface area is 106 Å². The summed E-state index contributed by atoms with van der Waals surface area (Å²) in [6, 6.07) is 4.88. The van der Waals surface area contributed by atoms with Crippen molar-refractivity contribution < 1.29 is 14.6 Å². The van der Waals surface area contributed by atoms with E-state index in [2.05, 4.69) is 15.0 Å². The number of carbonyl (C=O) groups is 1. The molecule has 2 heterocycles. The Bertz CT molecular complexity index is 770. The predicted octanol–water partition coefficient (Wildman–Crippen LogP) is 0.734. The van der Waals surface area contributed by atoms with Crippen LogP contribution in [0.5, 0.6) is 11.6 Å². The quantitative estimate of drug-likeness (QED) is 0.738. The fraction of sp³-hybridized carbons (Fsp3) is 0.0833. The second-order valence-corrected chi connectivity index (χ2v) is 3.98. The molecule has 0 bridgehead atoms. The van der Waals surface area contributed by atoms with Gasteiger partial charge in [0.1, 0.15) is 17.2 Å². The molecule has 0 aliphatic carbocycles. The molecule has 7 nitrogen and oxygen atoms in total. The molecule has 2 aromatic rings. The number of aromatic amines is 2. The number of aliphatic imine (C=N–C) groups is 1. The smallest absolute Gasteiger partial charge is 0.326 e. The highest BCUT2D eigenvalue weighted by atomic mass is 16.5. The Hall–Kier alpha value is -2.83. The number of ketones is 1. The van der Waals surface area contributed by atoms with Crippen molar-refractivity contribution in [2.24, 2.45) is 4.99 Å². The van der Waals surface area contributed by atoms with Crippen molar-refractivity contribution in [2.45, 2.75) is 0 Å². The van der Waals surface area contributed by atoms with Crippen LogP contribution in [0.2, 0.25) is 0 Å². The van der Waals surface area contributed by atoms with Gasteiger partial charge in [0.15, 0.2) is 0 Å². The third-order valence-electron chi connectivity index (χ3n) is 2.84. The number of rotatable bonds is 2. The monoisotopic (exact) mass is 259 g/mol. The zero-order chi connectivity index (χ0) is 13.6. The molecule has 0 fully saturated rings. The van der Waals surface area contributed by atoms with Crippen molar-refractivity contribution in [1.82, 2.24) is 9.97 Å². The Kier molecular flexibility index (Phi) is 2.28. The Balaban J connectivity index is 2.11. The number of H-pyrrole nitrogens is 2. The molecular weight excluding hydrogens is 250 g/mol. The standard InChI is InChI=1S/C12H9N3O4/c1-19-5-2-3-7-6(4-5)10(16)8(13-7)9-11(17)15-12(18)14-9/h2-4,17H,1H3,(H2,14,15,18). The van der Waals surface area contributed by atoms with E-state index in [1.54, 1.807) is 18.2 Å². The normalized spacial score (nSPS) is 13.3. The molecule has 3 rings (SSSR count). The van der Waals surface area contributed by atoms with Crippen molar-refractivity contribution in [2.75, 3.05) is 7.11 Å². The lowest BCUT2D eigenvalue weighted by Crippen LogP contribution is -2.13. The predicted molar refractivity (Wildman–Crippen MR) is 66.6 cm³/mol. The van der Waals surface area contributed by atoms with E-state index in [1.165, 1.54) is 7.11 Å². The first-order valence-corrected chi connectivity index (χ1v) is 5.43. The number of imidazole rings is 1. The summed E-state index contributed by atoms with van der Waals surface area (Å²) < 4.78 is 5.04. The maximum absolute atomic E-state index is 12.2. The maximum Gasteiger partial charge on any atom is 0.326 e. The Morgan fingerprint density at radius 2 is 2.05 bits per heavy atom. The number of Topliss-reactive ketones (excluding diaryl/α,β-unsaturated/α-hetero) is 1. The number of methoxy groups -OCH3 is 1. The number of aromatic hydroxyl groups is 1. The number of hydrogen-bond acceptors (Lipinski definition) is 5. The van der Waals surface area contributed by atoms with Gasteiger partial charge in [0, 0.05) is 0 Å². The highest BCUT2D eigenvalue weighted by molar-refractivity contribution is 6.54. The molecule has 0 saturated heterocycles. The summed E-state index contributed by atoms with van der Waals surface area (Å²) in [5.41, 5.74) is 0.235. The van der Waals surface area contributed by atoms with Crippen LogP contribution in [0.25, 0.3) is 0 Å². The summed E-state index contributed by atoms with van der Waals surface area (Å²) >= 11 is 0. The van der Waals surface area contributed by atoms with E-state index in [9.17, 15) is 14.7 Å². The molecule has 0 spiro atoms. The second kappa shape index (κ2) is 3.84. The lowest BCUT2D eigenvalue weighted by Gasteiger charge is -2.00. The number of nitrogens with zero attached hydrogens (tertiary/aromatic N) is 1. The second-order valence-electron chi connectivity index (χ2n) is 3.98. The molecule has 0 atom stereocenters. The number of fused-ring (bicyclic) bond motifs is 1. The Morgan fingerprint density at radius 1 is 1.26 bits per heavy atom. The number of aromatic nitrogens is 2. The fourth-order valence-corrected chi connectivity index (χ4v) is 1.94. The number of ether oxygens (including phenoxy) is 1. The summed E-state index contributed by atoms with van der Waals surface area (Å²) in [7, 11) is 1.50. The molecule has 0 saturated carbocycles. The average Bonchev–Trinajstić information content (AvgIpc) is 2.89. The van der Waals surface area contributed by atoms with Crippen LogP contribution < -0.4 is 10.4 Å². The molecule has 0 radical (unpaired) electrons. The lowest BCUT2D eigenvalue weighted by atomic mass is 10.1. The summed E-state index contributed by atoms with van der Waals surface area (Å²) in [4.78, 5) is 31.9. The topological polar surface area (TPSA) is 108 Å². The van der Waals surface area contributed by atoms with E-state index in [4.69, 9.17) is 4.74 Å². The van der Waals surface area contributed by atoms with E-state index >= 15 is 0 Å². The number of hydrogen-bond donors (Lipinski definition) is 3. The van der Waals surface area contributed by atoms with Crippen LogP contribution in [0.15, 0.2) is 28.0 Å². The van der Waals surface area contributed by atoms with Gasteiger partial charge in [0.05, 0.1) is 18.4 Å². The van der Waals surface area contributed by atoms with Crippen molar-refractivity contribution in [3.05, 3.63) is 39.9 Å². The molecule has 0 amide bonds. The van der Waals surface area contributed by atoms with Gasteiger partial charge in [-0.2, -0.15) is 0 Å². The van der Waals surface area contributed by atoms with Gasteiger partial charge in [0.2, 0.25) is 11.7 Å². The number of carbonyl (C=O) groups excluding carboxylic acids is 1. The van der Waals surface area contributed by atoms with E-state index in [0.717, 1.165) is 0 Å². The van der Waals surface area contributed by atoms with Crippen molar-refractivity contribution in [3.63, 3.8) is 0 Å². The first kappa shape index (κ1) is 11.3. The SMILES string of the molecule is COc1ccc2c(c1)C(=O)C(c1[nH]c(=O)[nH]c1O)=N2. The summed E-state index contributed by atoms with van der Waals surface area (Å²) in [5, 5.41) is 9.54. The van der Waals surface area contributed by atoms with E-state index in [0.29, 0.717) is 17.0 Å². The van der Waals surface area contributed by atoms with Crippen LogP contribution in [0.4, 0.5) is 5.69 Å². The zero-order valence-corrected chi connectivity index (χ0v) is 9.85. The Morgan fingerprint density at radius 3 is 2.68 bits per heavy atom. The highest BCUT2D eigenvalue weighted by Gasteiger charge is 2.29. The van der Waals surface area contributed by atoms with Crippen LogP contribution in [0.3, 0.4) is 0 Å². The van der Waals surface area contributed by atoms with Crippen LogP contribution in [0.1, 0.15) is 16.1 Å². The third-order valence-corrected chi connectivity index (χ3v) is 2.84. The fourth-order valence-electron chi connectivity index (χ4n) is 1.94. The maximum atomic E-state index is 12.2. The molecule has 0 unspecified atom stereocenters. The van der Waals surface area contributed by atoms with Gasteiger partial charge in [-0.15, -0.1) is 0 Å². The van der Waals surface area contributed by atoms with Crippen LogP contribution in [0, 0.1) is 0 Å². The van der Waals surface area contributed by atoms with E-state index in [-0.39, 0.29) is 17.2 Å². The average molecular weight is 259 g/mol. The molecule has 19 heavy (non-hydrogen) atoms. The van der Waals surface area contributed by atoms with Crippen LogP contribution >= 0.6 is 0 Å². The third kappa shape index (κ3) is 1.63. The highest BCUT2D eigenvalue weighted by Crippen LogP contribution is 2.32. The van der Waals surface area contributed by atoms with Crippen molar-refractivity contribution in [3.8, 4) is 11.6 Å². The molecule has 96 valence electrons. The minimum absolute atomic E-state index is 0.000830. The largest absolute Gasteiger partial charge is 0.497 e. The van der Waals surface area contributed by atoms with Gasteiger partial charge < -0.3 is 14.8 Å². The molecule has 1 aliphatic heterocycles. The molecule has 1 aromatic carbocycles. The van der Waals surface area contributed by atoms with E-state index in [1.807, 2.05) is 0 Å². The number of benzene rings is 1. The summed E-state index contributed by atoms with van der Waals surface area (Å²) in [6.07, 6.45) is 0. The van der Waals surface area contributed by atoms with Crippen LogP contribution in [-0.2, 0) is 0 Å². The van der Waals surface area contributed by atoms with Gasteiger partial charge in [-0.1, -0.05) is 0 Å². The van der Waals surface area contributed by atoms with Gasteiger partial charge in [-0.05, 0) is 18.2 Å². The first-order valence-electron chi connectivity index (χ1n) is 5.43. The summed E-state index contributed by atoms with van der Waals surface area (Å²) in [5.74, 6) is -0.244. The van der Waals surface area contributed by atoms with Gasteiger partial charge in [0.25, 0.3) is 0 Å². The molecule has 3 N–H and O–H groups in total. The van der Waals surface area contributed by atoms with Gasteiger partial charge in [-0.25, -0.2) is 9.79 Å². The van der Waals surface area contributed by atoms with Crippen molar-refractivity contribution in [1.29, 1.82) is 0 Å². The van der Waals surface area contributed by atoms with Gasteiger partial charge >= 0.3 is 5.69 Å². The zero-order valence-electron chi connectivity index (χ0n) is 9.85. The molecule has 1 aliphatic rings. The lowest BCUT2D eigenvalue weighted by molar-refractivity contribution is 0.106. The van der Waals surface area contributed by atoms with E-state index < -0.39 is 11.6 Å². The minimum atomic E-state index is -0.600. The van der Waals surface area contributed by atoms with Crippen LogP contribution in [-0.4, -0.2) is 33.7 Å². The van der Waals surface area contributed by atoms with Crippen molar-refractivity contribution >= 4 is 17.2 Å². The summed E-state index contributed by atoms with van der Waals surface area (Å²) in [6.45, 7) is 0. The molecule has 1 aromatic heterocycles. The molecule has 7 heteroatoms. The van der Waals surface area contributed by atoms with Gasteiger partial charge in [-0.3, -0.25) is 9.78 Å². The molecular formula is C12H9N3O4. The first-order chi connectivity index (χ1) is 9.10. The minimum Gasteiger partial charge on any atom is -0.497 e.